The normalized spacial score (nSPS) is 20.8. The number of rotatable bonds is 9. The summed E-state index contributed by atoms with van der Waals surface area (Å²) in [6.45, 7) is 3.71. The maximum atomic E-state index is 13.6. The van der Waals surface area contributed by atoms with E-state index in [1.165, 1.54) is 6.07 Å². The van der Waals surface area contributed by atoms with Crippen LogP contribution in [0.2, 0.25) is 0 Å². The van der Waals surface area contributed by atoms with Crippen LogP contribution in [0.4, 0.5) is 32.4 Å². The number of benzene rings is 2. The van der Waals surface area contributed by atoms with E-state index in [9.17, 15) is 31.5 Å². The molecule has 2 aromatic carbocycles. The maximum absolute atomic E-state index is 13.6. The third-order valence-corrected chi connectivity index (χ3v) is 8.00. The van der Waals surface area contributed by atoms with Crippen LogP contribution in [0, 0.1) is 11.6 Å². The van der Waals surface area contributed by atoms with Crippen molar-refractivity contribution in [1.82, 2.24) is 15.5 Å². The number of nitrogens with zero attached hydrogens (tertiary/aromatic N) is 1. The van der Waals surface area contributed by atoms with E-state index >= 15 is 0 Å². The Morgan fingerprint density at radius 2 is 1.71 bits per heavy atom. The molecule has 2 fully saturated rings. The van der Waals surface area contributed by atoms with Crippen molar-refractivity contribution in [2.24, 2.45) is 0 Å². The van der Waals surface area contributed by atoms with Gasteiger partial charge in [-0.1, -0.05) is 13.0 Å². The zero-order valence-corrected chi connectivity index (χ0v) is 25.1. The van der Waals surface area contributed by atoms with Gasteiger partial charge >= 0.3 is 18.2 Å². The molecule has 1 aliphatic carbocycles. The second-order valence-corrected chi connectivity index (χ2v) is 10.8. The molecule has 0 bridgehead atoms. The summed E-state index contributed by atoms with van der Waals surface area (Å²) in [7, 11) is 3.20. The van der Waals surface area contributed by atoms with Crippen LogP contribution in [0.15, 0.2) is 36.4 Å². The average molecular weight is 645 g/mol. The van der Waals surface area contributed by atoms with Crippen LogP contribution in [-0.4, -0.2) is 80.0 Å². The van der Waals surface area contributed by atoms with E-state index in [-0.39, 0.29) is 35.6 Å². The van der Waals surface area contributed by atoms with Crippen molar-refractivity contribution in [2.45, 2.75) is 62.7 Å². The first-order chi connectivity index (χ1) is 21.2. The van der Waals surface area contributed by atoms with Crippen LogP contribution in [-0.2, 0) is 15.0 Å². The average Bonchev–Trinajstić information content (AvgIpc) is 3.38. The summed E-state index contributed by atoms with van der Waals surface area (Å²) in [4.78, 5) is 36.8. The van der Waals surface area contributed by atoms with E-state index in [4.69, 9.17) is 19.4 Å². The third-order valence-electron chi connectivity index (χ3n) is 8.00. The highest BCUT2D eigenvalue weighted by Crippen LogP contribution is 2.50. The highest BCUT2D eigenvalue weighted by atomic mass is 19.4. The van der Waals surface area contributed by atoms with Gasteiger partial charge in [-0.15, -0.1) is 0 Å². The summed E-state index contributed by atoms with van der Waals surface area (Å²) in [5.74, 6) is -3.45. The number of likely N-dealkylation sites (tertiary alicyclic amines) is 1. The van der Waals surface area contributed by atoms with Crippen LogP contribution >= 0.6 is 0 Å². The fourth-order valence-electron chi connectivity index (χ4n) is 5.86. The first kappa shape index (κ1) is 35.3. The Kier molecular flexibility index (Phi) is 12.0. The lowest BCUT2D eigenvalue weighted by Crippen LogP contribution is -2.55. The number of hydrogen-bond acceptors (Lipinski definition) is 6. The molecular formula is C30H37F5N4O6. The van der Waals surface area contributed by atoms with Crippen molar-refractivity contribution < 1.29 is 50.9 Å². The molecule has 1 heterocycles. The summed E-state index contributed by atoms with van der Waals surface area (Å²) < 4.78 is 69.5. The summed E-state index contributed by atoms with van der Waals surface area (Å²) in [5, 5.41) is 15.9. The van der Waals surface area contributed by atoms with E-state index in [2.05, 4.69) is 22.9 Å². The number of anilines is 1. The Balaban J connectivity index is 0.000000707. The number of alkyl halides is 3. The van der Waals surface area contributed by atoms with Gasteiger partial charge in [0.05, 0.1) is 20.8 Å². The Bertz CT molecular complexity index is 1360. The van der Waals surface area contributed by atoms with Gasteiger partial charge in [0, 0.05) is 35.8 Å². The number of urea groups is 1. The number of fused-ring (bicyclic) bond motifs is 1. The monoisotopic (exact) mass is 644 g/mol. The fraction of sp³-hybridized carbons (Fsp3) is 0.500. The quantitative estimate of drug-likeness (QED) is 0.228. The minimum atomic E-state index is -5.08. The Hall–Kier alpha value is -4.14. The molecule has 0 spiro atoms. The minimum absolute atomic E-state index is 0.0395. The number of ether oxygens (including phenoxy) is 2. The first-order valence-electron chi connectivity index (χ1n) is 14.3. The van der Waals surface area contributed by atoms with Gasteiger partial charge in [-0.3, -0.25) is 4.79 Å². The number of carbonyl (C=O) groups is 3. The lowest BCUT2D eigenvalue weighted by molar-refractivity contribution is -0.192. The fourth-order valence-corrected chi connectivity index (χ4v) is 5.86. The Morgan fingerprint density at radius 3 is 2.31 bits per heavy atom. The second kappa shape index (κ2) is 15.2. The standard InChI is InChI=1S/C28H36F2N4O4.C2HF3O2/c1-4-12-31-17-26(35)34-13-11-28(18-5-8-23(37-2)24(14-18)38-3)10-9-20(16-25(28)34)33-27(36)32-19-6-7-21(29)22(30)15-19;3-2(4,5)1(6)7/h5-8,14-15,20,25,31H,4,9-13,16-17H2,1-3H3,(H2,32,33,36);(H,6,7). The van der Waals surface area contributed by atoms with Gasteiger partial charge in [0.1, 0.15) is 0 Å². The zero-order valence-electron chi connectivity index (χ0n) is 25.1. The molecule has 3 atom stereocenters. The van der Waals surface area contributed by atoms with Crippen LogP contribution < -0.4 is 25.4 Å². The van der Waals surface area contributed by atoms with Crippen LogP contribution in [0.5, 0.6) is 11.5 Å². The molecule has 1 saturated carbocycles. The number of amides is 3. The molecule has 4 N–H and O–H groups in total. The number of hydrogen-bond donors (Lipinski definition) is 4. The predicted molar refractivity (Wildman–Crippen MR) is 154 cm³/mol. The molecule has 0 radical (unpaired) electrons. The summed E-state index contributed by atoms with van der Waals surface area (Å²) in [6, 6.07) is 8.33. The smallest absolute Gasteiger partial charge is 0.490 e. The molecular weight excluding hydrogens is 607 g/mol. The Labute approximate surface area is 257 Å². The lowest BCUT2D eigenvalue weighted by Gasteiger charge is -2.45. The minimum Gasteiger partial charge on any atom is -0.493 e. The molecule has 2 aliphatic rings. The van der Waals surface area contributed by atoms with Crippen molar-refractivity contribution >= 4 is 23.6 Å². The zero-order chi connectivity index (χ0) is 33.4. The Morgan fingerprint density at radius 1 is 1.02 bits per heavy atom. The van der Waals surface area contributed by atoms with Gasteiger partial charge < -0.3 is 35.4 Å². The van der Waals surface area contributed by atoms with Crippen molar-refractivity contribution in [1.29, 1.82) is 0 Å². The number of carboxylic acids is 1. The topological polar surface area (TPSA) is 129 Å². The van der Waals surface area contributed by atoms with Gasteiger partial charge in [-0.25, -0.2) is 18.4 Å². The summed E-state index contributed by atoms with van der Waals surface area (Å²) >= 11 is 0. The summed E-state index contributed by atoms with van der Waals surface area (Å²) in [5.41, 5.74) is 0.965. The molecule has 15 heteroatoms. The lowest BCUT2D eigenvalue weighted by atomic mass is 9.65. The SMILES string of the molecule is CCCNCC(=O)N1CCC2(c3ccc(OC)c(OC)c3)CCC(NC(=O)Nc3ccc(F)c(F)c3)CC12.O=C(O)C(F)(F)F. The number of carbonyl (C=O) groups excluding carboxylic acids is 2. The van der Waals surface area contributed by atoms with Gasteiger partial charge in [-0.2, -0.15) is 13.2 Å². The van der Waals surface area contributed by atoms with Crippen LogP contribution in [0.25, 0.3) is 0 Å². The first-order valence-corrected chi connectivity index (χ1v) is 14.3. The third kappa shape index (κ3) is 8.74. The largest absolute Gasteiger partial charge is 0.493 e. The molecule has 2 aromatic rings. The second-order valence-electron chi connectivity index (χ2n) is 10.8. The van der Waals surface area contributed by atoms with E-state index in [1.807, 2.05) is 23.1 Å². The molecule has 0 aromatic heterocycles. The van der Waals surface area contributed by atoms with E-state index < -0.39 is 29.8 Å². The molecule has 1 saturated heterocycles. The van der Waals surface area contributed by atoms with Gasteiger partial charge in [0.2, 0.25) is 5.91 Å². The molecule has 45 heavy (non-hydrogen) atoms. The van der Waals surface area contributed by atoms with E-state index in [0.717, 1.165) is 43.5 Å². The summed E-state index contributed by atoms with van der Waals surface area (Å²) in [6.07, 6.45) is -1.31. The van der Waals surface area contributed by atoms with E-state index in [1.54, 1.807) is 14.2 Å². The molecule has 10 nitrogen and oxygen atoms in total. The number of methoxy groups -OCH3 is 2. The molecule has 1 aliphatic heterocycles. The molecule has 3 unspecified atom stereocenters. The van der Waals surface area contributed by atoms with Gasteiger partial charge in [0.25, 0.3) is 0 Å². The number of halogens is 5. The number of aliphatic carboxylic acids is 1. The number of nitrogens with one attached hydrogen (secondary N) is 3. The van der Waals surface area contributed by atoms with Crippen molar-refractivity contribution in [2.75, 3.05) is 39.2 Å². The van der Waals surface area contributed by atoms with Crippen molar-refractivity contribution in [3.63, 3.8) is 0 Å². The highest BCUT2D eigenvalue weighted by molar-refractivity contribution is 5.89. The molecule has 248 valence electrons. The number of carboxylic acid groups (broad SMARTS) is 1. The molecule has 4 rings (SSSR count). The van der Waals surface area contributed by atoms with Gasteiger partial charge in [0.15, 0.2) is 23.1 Å². The van der Waals surface area contributed by atoms with Crippen molar-refractivity contribution in [3.8, 4) is 11.5 Å². The van der Waals surface area contributed by atoms with Crippen LogP contribution in [0.3, 0.4) is 0 Å². The van der Waals surface area contributed by atoms with Crippen molar-refractivity contribution in [3.05, 3.63) is 53.6 Å². The van der Waals surface area contributed by atoms with E-state index in [0.29, 0.717) is 30.9 Å². The van der Waals surface area contributed by atoms with Crippen LogP contribution in [0.1, 0.15) is 44.6 Å². The predicted octanol–water partition coefficient (Wildman–Crippen LogP) is 4.83. The maximum Gasteiger partial charge on any atom is 0.490 e. The molecule has 3 amide bonds. The van der Waals surface area contributed by atoms with Gasteiger partial charge in [-0.05, 0) is 68.5 Å². The highest BCUT2D eigenvalue weighted by Gasteiger charge is 2.53.